The molecule has 12 heavy (non-hydrogen) atoms. The van der Waals surface area contributed by atoms with Crippen molar-refractivity contribution in [2.75, 3.05) is 11.9 Å². The number of halogens is 1. The van der Waals surface area contributed by atoms with Crippen LogP contribution in [0, 0.1) is 0 Å². The summed E-state index contributed by atoms with van der Waals surface area (Å²) >= 11 is 5.58. The first-order valence-electron chi connectivity index (χ1n) is 3.69. The maximum Gasteiger partial charge on any atom is 0.145 e. The second-order valence-electron chi connectivity index (χ2n) is 2.31. The number of aryl methyl sites for hydroxylation is 1. The molecule has 1 aromatic rings. The average molecular weight is 187 g/mol. The second kappa shape index (κ2) is 4.11. The van der Waals surface area contributed by atoms with Gasteiger partial charge in [-0.1, -0.05) is 23.4 Å². The molecule has 0 aliphatic carbocycles. The van der Waals surface area contributed by atoms with Crippen molar-refractivity contribution in [3.05, 3.63) is 17.8 Å². The molecule has 0 unspecified atom stereocenters. The van der Waals surface area contributed by atoms with E-state index in [1.807, 2.05) is 6.92 Å². The van der Waals surface area contributed by atoms with E-state index in [2.05, 4.69) is 22.2 Å². The van der Waals surface area contributed by atoms with Gasteiger partial charge >= 0.3 is 0 Å². The zero-order chi connectivity index (χ0) is 8.97. The highest BCUT2D eigenvalue weighted by Crippen LogP contribution is 2.05. The molecule has 0 bridgehead atoms. The molecule has 1 rings (SSSR count). The summed E-state index contributed by atoms with van der Waals surface area (Å²) in [6.07, 6.45) is 1.66. The number of hydrogen-bond donors (Lipinski definition) is 1. The van der Waals surface area contributed by atoms with Gasteiger partial charge in [0.25, 0.3) is 0 Å². The Labute approximate surface area is 76.2 Å². The van der Waals surface area contributed by atoms with Gasteiger partial charge in [0, 0.05) is 11.6 Å². The summed E-state index contributed by atoms with van der Waals surface area (Å²) in [5, 5.41) is 11.2. The largest absolute Gasteiger partial charge is 0.364 e. The molecule has 0 aromatic carbocycles. The van der Waals surface area contributed by atoms with Crippen molar-refractivity contribution in [1.29, 1.82) is 0 Å². The Morgan fingerprint density at radius 1 is 1.83 bits per heavy atom. The predicted molar refractivity (Wildman–Crippen MR) is 49.2 cm³/mol. The van der Waals surface area contributed by atoms with Crippen molar-refractivity contribution in [1.82, 2.24) is 15.0 Å². The Morgan fingerprint density at radius 2 is 2.58 bits per heavy atom. The lowest BCUT2D eigenvalue weighted by Gasteiger charge is -2.04. The maximum absolute atomic E-state index is 5.58. The van der Waals surface area contributed by atoms with Crippen molar-refractivity contribution in [2.45, 2.75) is 13.5 Å². The van der Waals surface area contributed by atoms with Gasteiger partial charge in [-0.2, -0.15) is 0 Å². The van der Waals surface area contributed by atoms with Gasteiger partial charge in [-0.15, -0.1) is 5.10 Å². The monoisotopic (exact) mass is 186 g/mol. The van der Waals surface area contributed by atoms with Crippen LogP contribution in [0.25, 0.3) is 0 Å². The van der Waals surface area contributed by atoms with Crippen LogP contribution in [-0.2, 0) is 6.54 Å². The molecule has 0 radical (unpaired) electrons. The number of anilines is 1. The lowest BCUT2D eigenvalue weighted by molar-refractivity contribution is 0.632. The van der Waals surface area contributed by atoms with E-state index in [-0.39, 0.29) is 0 Å². The van der Waals surface area contributed by atoms with Crippen LogP contribution in [0.4, 0.5) is 5.82 Å². The van der Waals surface area contributed by atoms with Crippen LogP contribution in [0.1, 0.15) is 6.92 Å². The Morgan fingerprint density at radius 3 is 3.17 bits per heavy atom. The van der Waals surface area contributed by atoms with Gasteiger partial charge in [-0.25, -0.2) is 4.68 Å². The summed E-state index contributed by atoms with van der Waals surface area (Å²) in [5.41, 5.74) is 0. The minimum Gasteiger partial charge on any atom is -0.364 e. The van der Waals surface area contributed by atoms with Crippen LogP contribution in [0.3, 0.4) is 0 Å². The average Bonchev–Trinajstić information content (AvgIpc) is 2.47. The van der Waals surface area contributed by atoms with E-state index in [0.717, 1.165) is 12.4 Å². The van der Waals surface area contributed by atoms with Crippen molar-refractivity contribution in [3.8, 4) is 0 Å². The molecule has 1 heterocycles. The van der Waals surface area contributed by atoms with Crippen molar-refractivity contribution >= 4 is 17.4 Å². The first kappa shape index (κ1) is 9.06. The standard InChI is InChI=1S/C7H11ClN4/c1-3-12-7(5-10-11-12)9-4-6(2)8/h5,9H,2-4H2,1H3. The van der Waals surface area contributed by atoms with E-state index in [1.54, 1.807) is 10.9 Å². The number of nitrogens with one attached hydrogen (secondary N) is 1. The number of rotatable bonds is 4. The molecule has 66 valence electrons. The molecule has 1 aromatic heterocycles. The van der Waals surface area contributed by atoms with Gasteiger partial charge in [0.15, 0.2) is 0 Å². The van der Waals surface area contributed by atoms with Crippen LogP contribution in [0.15, 0.2) is 17.8 Å². The normalized spacial score (nSPS) is 9.83. The van der Waals surface area contributed by atoms with E-state index in [1.165, 1.54) is 0 Å². The Bertz CT molecular complexity index is 268. The van der Waals surface area contributed by atoms with E-state index in [4.69, 9.17) is 11.6 Å². The number of aromatic nitrogens is 3. The van der Waals surface area contributed by atoms with Crippen LogP contribution >= 0.6 is 11.6 Å². The predicted octanol–water partition coefficient (Wildman–Crippen LogP) is 1.46. The summed E-state index contributed by atoms with van der Waals surface area (Å²) in [6, 6.07) is 0. The molecule has 0 saturated heterocycles. The first-order chi connectivity index (χ1) is 5.74. The van der Waals surface area contributed by atoms with Crippen molar-refractivity contribution in [3.63, 3.8) is 0 Å². The molecule has 0 fully saturated rings. The van der Waals surface area contributed by atoms with E-state index in [9.17, 15) is 0 Å². The molecule has 0 saturated carbocycles. The van der Waals surface area contributed by atoms with Gasteiger partial charge in [-0.3, -0.25) is 0 Å². The molecule has 0 aliphatic heterocycles. The highest BCUT2D eigenvalue weighted by molar-refractivity contribution is 6.29. The third-order valence-corrected chi connectivity index (χ3v) is 1.51. The summed E-state index contributed by atoms with van der Waals surface area (Å²) in [4.78, 5) is 0. The number of hydrogen-bond acceptors (Lipinski definition) is 3. The molecule has 0 aliphatic rings. The zero-order valence-corrected chi connectivity index (χ0v) is 7.67. The summed E-state index contributed by atoms with van der Waals surface area (Å²) in [7, 11) is 0. The Hall–Kier alpha value is -1.03. The lowest BCUT2D eigenvalue weighted by atomic mass is 10.5. The minimum atomic E-state index is 0.537. The van der Waals surface area contributed by atoms with E-state index >= 15 is 0 Å². The SMILES string of the molecule is C=C(Cl)CNc1cnnn1CC. The highest BCUT2D eigenvalue weighted by Gasteiger charge is 1.99. The van der Waals surface area contributed by atoms with Crippen molar-refractivity contribution < 1.29 is 0 Å². The highest BCUT2D eigenvalue weighted by atomic mass is 35.5. The fraction of sp³-hybridized carbons (Fsp3) is 0.429. The summed E-state index contributed by atoms with van der Waals surface area (Å²) < 4.78 is 1.75. The Balaban J connectivity index is 2.56. The summed E-state index contributed by atoms with van der Waals surface area (Å²) in [5.74, 6) is 0.860. The molecule has 4 nitrogen and oxygen atoms in total. The van der Waals surface area contributed by atoms with Crippen LogP contribution in [0.5, 0.6) is 0 Å². The first-order valence-corrected chi connectivity index (χ1v) is 4.07. The topological polar surface area (TPSA) is 42.7 Å². The molecule has 5 heteroatoms. The molecular weight excluding hydrogens is 176 g/mol. The Kier molecular flexibility index (Phi) is 3.10. The van der Waals surface area contributed by atoms with Gasteiger partial charge < -0.3 is 5.32 Å². The van der Waals surface area contributed by atoms with Gasteiger partial charge in [0.1, 0.15) is 5.82 Å². The van der Waals surface area contributed by atoms with Crippen LogP contribution in [0.2, 0.25) is 0 Å². The number of nitrogens with zero attached hydrogens (tertiary/aromatic N) is 3. The third-order valence-electron chi connectivity index (χ3n) is 1.38. The zero-order valence-electron chi connectivity index (χ0n) is 6.92. The fourth-order valence-corrected chi connectivity index (χ4v) is 0.881. The van der Waals surface area contributed by atoms with Crippen molar-refractivity contribution in [2.24, 2.45) is 0 Å². The van der Waals surface area contributed by atoms with Gasteiger partial charge in [-0.05, 0) is 6.92 Å². The van der Waals surface area contributed by atoms with Crippen LogP contribution in [-0.4, -0.2) is 21.5 Å². The smallest absolute Gasteiger partial charge is 0.145 e. The fourth-order valence-electron chi connectivity index (χ4n) is 0.815. The quantitative estimate of drug-likeness (QED) is 0.775. The minimum absolute atomic E-state index is 0.537. The maximum atomic E-state index is 5.58. The van der Waals surface area contributed by atoms with E-state index < -0.39 is 0 Å². The molecule has 0 amide bonds. The van der Waals surface area contributed by atoms with E-state index in [0.29, 0.717) is 11.6 Å². The second-order valence-corrected chi connectivity index (χ2v) is 2.84. The molecule has 0 atom stereocenters. The van der Waals surface area contributed by atoms with Gasteiger partial charge in [0.2, 0.25) is 0 Å². The van der Waals surface area contributed by atoms with Gasteiger partial charge in [0.05, 0.1) is 12.7 Å². The lowest BCUT2D eigenvalue weighted by Crippen LogP contribution is -2.07. The van der Waals surface area contributed by atoms with Crippen LogP contribution < -0.4 is 5.32 Å². The third kappa shape index (κ3) is 2.23. The molecule has 1 N–H and O–H groups in total. The summed E-state index contributed by atoms with van der Waals surface area (Å²) in [6.45, 7) is 6.88. The molecular formula is C7H11ClN4. The molecule has 0 spiro atoms.